The van der Waals surface area contributed by atoms with Crippen molar-refractivity contribution in [2.75, 3.05) is 27.2 Å². The van der Waals surface area contributed by atoms with Crippen LogP contribution in [-0.4, -0.2) is 48.0 Å². The van der Waals surface area contributed by atoms with Gasteiger partial charge in [-0.2, -0.15) is 0 Å². The molecule has 0 spiro atoms. The second-order valence-electron chi connectivity index (χ2n) is 6.10. The maximum atomic E-state index is 6.34. The molecule has 1 aliphatic rings. The molecule has 1 fully saturated rings. The lowest BCUT2D eigenvalue weighted by atomic mass is 10.1. The summed E-state index contributed by atoms with van der Waals surface area (Å²) in [4.78, 5) is 9.31. The van der Waals surface area contributed by atoms with Crippen molar-refractivity contribution in [1.82, 2.24) is 14.8 Å². The Kier molecular flexibility index (Phi) is 4.43. The van der Waals surface area contributed by atoms with Crippen LogP contribution >= 0.6 is 11.6 Å². The third-order valence-corrected chi connectivity index (χ3v) is 4.71. The van der Waals surface area contributed by atoms with E-state index in [1.165, 1.54) is 19.4 Å². The van der Waals surface area contributed by atoms with Gasteiger partial charge in [0.25, 0.3) is 0 Å². The number of fused-ring (bicyclic) bond motifs is 1. The first-order valence-electron chi connectivity index (χ1n) is 7.56. The van der Waals surface area contributed by atoms with Crippen molar-refractivity contribution in [2.45, 2.75) is 25.4 Å². The Balaban J connectivity index is 1.73. The van der Waals surface area contributed by atoms with Gasteiger partial charge in [-0.1, -0.05) is 29.8 Å². The molecular formula is C17H22ClN3. The van der Waals surface area contributed by atoms with Gasteiger partial charge in [-0.15, -0.1) is 0 Å². The van der Waals surface area contributed by atoms with Gasteiger partial charge < -0.3 is 9.80 Å². The summed E-state index contributed by atoms with van der Waals surface area (Å²) >= 11 is 6.34. The van der Waals surface area contributed by atoms with Crippen LogP contribution in [0.4, 0.5) is 0 Å². The molecular weight excluding hydrogens is 282 g/mol. The molecule has 1 saturated heterocycles. The van der Waals surface area contributed by atoms with E-state index in [1.54, 1.807) is 0 Å². The molecule has 0 aliphatic carbocycles. The van der Waals surface area contributed by atoms with Crippen molar-refractivity contribution in [1.29, 1.82) is 0 Å². The Morgan fingerprint density at radius 3 is 2.95 bits per heavy atom. The topological polar surface area (TPSA) is 19.4 Å². The molecule has 3 rings (SSSR count). The van der Waals surface area contributed by atoms with Gasteiger partial charge in [-0.05, 0) is 45.6 Å². The summed E-state index contributed by atoms with van der Waals surface area (Å²) in [7, 11) is 4.38. The van der Waals surface area contributed by atoms with Crippen LogP contribution in [0.5, 0.6) is 0 Å². The summed E-state index contributed by atoms with van der Waals surface area (Å²) in [5.41, 5.74) is 2.07. The number of halogens is 1. The minimum absolute atomic E-state index is 0.625. The number of para-hydroxylation sites is 1. The normalized spacial score (nSPS) is 19.7. The van der Waals surface area contributed by atoms with E-state index in [0.717, 1.165) is 29.6 Å². The summed E-state index contributed by atoms with van der Waals surface area (Å²) in [5, 5.41) is 1.78. The van der Waals surface area contributed by atoms with Crippen molar-refractivity contribution < 1.29 is 0 Å². The fourth-order valence-electron chi connectivity index (χ4n) is 3.17. The van der Waals surface area contributed by atoms with Crippen molar-refractivity contribution in [2.24, 2.45) is 0 Å². The van der Waals surface area contributed by atoms with Crippen LogP contribution < -0.4 is 0 Å². The van der Waals surface area contributed by atoms with E-state index >= 15 is 0 Å². The lowest BCUT2D eigenvalue weighted by Gasteiger charge is -2.26. The molecule has 0 amide bonds. The van der Waals surface area contributed by atoms with Gasteiger partial charge >= 0.3 is 0 Å². The summed E-state index contributed by atoms with van der Waals surface area (Å²) < 4.78 is 0. The third-order valence-electron chi connectivity index (χ3n) is 4.38. The molecule has 0 saturated carbocycles. The average molecular weight is 304 g/mol. The number of hydrogen-bond acceptors (Lipinski definition) is 3. The van der Waals surface area contributed by atoms with Crippen LogP contribution in [0.2, 0.25) is 5.15 Å². The lowest BCUT2D eigenvalue weighted by molar-refractivity contribution is 0.215. The van der Waals surface area contributed by atoms with Crippen LogP contribution in [0.15, 0.2) is 30.3 Å². The minimum Gasteiger partial charge on any atom is -0.302 e. The highest BCUT2D eigenvalue weighted by molar-refractivity contribution is 6.30. The summed E-state index contributed by atoms with van der Waals surface area (Å²) in [6.07, 6.45) is 2.61. The van der Waals surface area contributed by atoms with Gasteiger partial charge in [-0.3, -0.25) is 0 Å². The second kappa shape index (κ2) is 6.30. The van der Waals surface area contributed by atoms with Crippen LogP contribution in [-0.2, 0) is 6.54 Å². The largest absolute Gasteiger partial charge is 0.302 e. The van der Waals surface area contributed by atoms with Gasteiger partial charge in [0.05, 0.1) is 5.52 Å². The highest BCUT2D eigenvalue weighted by Crippen LogP contribution is 2.22. The molecule has 4 heteroatoms. The van der Waals surface area contributed by atoms with Gasteiger partial charge in [0.15, 0.2) is 0 Å². The quantitative estimate of drug-likeness (QED) is 0.807. The zero-order valence-corrected chi connectivity index (χ0v) is 13.5. The van der Waals surface area contributed by atoms with Crippen LogP contribution in [0.1, 0.15) is 18.4 Å². The Labute approximate surface area is 131 Å². The first-order valence-corrected chi connectivity index (χ1v) is 7.94. The van der Waals surface area contributed by atoms with E-state index < -0.39 is 0 Å². The standard InChI is InChI=1S/C17H22ClN3/c1-20(12-15-7-5-9-21(15)2)11-14-10-13-6-3-4-8-16(13)19-17(14)18/h3-4,6,8,10,15H,5,7,9,11-12H2,1-2H3. The molecule has 1 aromatic carbocycles. The van der Waals surface area contributed by atoms with Crippen molar-refractivity contribution in [3.63, 3.8) is 0 Å². The van der Waals surface area contributed by atoms with E-state index in [2.05, 4.69) is 41.0 Å². The third kappa shape index (κ3) is 3.37. The predicted octanol–water partition coefficient (Wildman–Crippen LogP) is 3.41. The molecule has 0 N–H and O–H groups in total. The fourth-order valence-corrected chi connectivity index (χ4v) is 3.38. The number of likely N-dealkylation sites (tertiary alicyclic amines) is 1. The van der Waals surface area contributed by atoms with E-state index in [9.17, 15) is 0 Å². The number of rotatable bonds is 4. The molecule has 0 radical (unpaired) electrons. The number of pyridine rings is 1. The first kappa shape index (κ1) is 14.8. The molecule has 2 heterocycles. The molecule has 1 atom stereocenters. The Hall–Kier alpha value is -1.16. The summed E-state index contributed by atoms with van der Waals surface area (Å²) in [5.74, 6) is 0. The number of benzene rings is 1. The number of nitrogens with zero attached hydrogens (tertiary/aromatic N) is 3. The van der Waals surface area contributed by atoms with E-state index in [1.807, 2.05) is 18.2 Å². The molecule has 2 aromatic rings. The predicted molar refractivity (Wildman–Crippen MR) is 88.7 cm³/mol. The van der Waals surface area contributed by atoms with Gasteiger partial charge in [0, 0.05) is 30.1 Å². The van der Waals surface area contributed by atoms with Crippen LogP contribution in [0.25, 0.3) is 10.9 Å². The van der Waals surface area contributed by atoms with E-state index in [0.29, 0.717) is 11.2 Å². The Morgan fingerprint density at radius 2 is 2.19 bits per heavy atom. The van der Waals surface area contributed by atoms with Crippen LogP contribution in [0, 0.1) is 0 Å². The maximum absolute atomic E-state index is 6.34. The van der Waals surface area contributed by atoms with Crippen molar-refractivity contribution in [3.05, 3.63) is 41.0 Å². The Bertz CT molecular complexity index is 628. The Morgan fingerprint density at radius 1 is 1.38 bits per heavy atom. The van der Waals surface area contributed by atoms with Crippen molar-refractivity contribution >= 4 is 22.5 Å². The maximum Gasteiger partial charge on any atom is 0.134 e. The highest BCUT2D eigenvalue weighted by atomic mass is 35.5. The lowest BCUT2D eigenvalue weighted by Crippen LogP contribution is -2.36. The number of hydrogen-bond donors (Lipinski definition) is 0. The second-order valence-corrected chi connectivity index (χ2v) is 6.46. The van der Waals surface area contributed by atoms with E-state index in [-0.39, 0.29) is 0 Å². The molecule has 1 aliphatic heterocycles. The van der Waals surface area contributed by atoms with Crippen LogP contribution in [0.3, 0.4) is 0 Å². The van der Waals surface area contributed by atoms with E-state index in [4.69, 9.17) is 11.6 Å². The average Bonchev–Trinajstić information content (AvgIpc) is 2.85. The monoisotopic (exact) mass is 303 g/mol. The molecule has 3 nitrogen and oxygen atoms in total. The SMILES string of the molecule is CN(Cc1cc2ccccc2nc1Cl)CC1CCCN1C. The molecule has 1 aromatic heterocycles. The molecule has 112 valence electrons. The van der Waals surface area contributed by atoms with Gasteiger partial charge in [0.1, 0.15) is 5.15 Å². The molecule has 21 heavy (non-hydrogen) atoms. The van der Waals surface area contributed by atoms with Gasteiger partial charge in [0.2, 0.25) is 0 Å². The molecule has 1 unspecified atom stereocenters. The highest BCUT2D eigenvalue weighted by Gasteiger charge is 2.22. The molecule has 0 bridgehead atoms. The number of likely N-dealkylation sites (N-methyl/N-ethyl adjacent to an activating group) is 2. The zero-order valence-electron chi connectivity index (χ0n) is 12.7. The summed E-state index contributed by atoms with van der Waals surface area (Å²) in [6, 6.07) is 11.0. The van der Waals surface area contributed by atoms with Crippen molar-refractivity contribution in [3.8, 4) is 0 Å². The fraction of sp³-hybridized carbons (Fsp3) is 0.471. The smallest absolute Gasteiger partial charge is 0.134 e. The van der Waals surface area contributed by atoms with Gasteiger partial charge in [-0.25, -0.2) is 4.98 Å². The first-order chi connectivity index (χ1) is 10.1. The summed E-state index contributed by atoms with van der Waals surface area (Å²) in [6.45, 7) is 3.15. The minimum atomic E-state index is 0.625. The zero-order chi connectivity index (χ0) is 14.8. The number of aromatic nitrogens is 1.